The summed E-state index contributed by atoms with van der Waals surface area (Å²) in [5.41, 5.74) is 4.65. The number of aromatic nitrogens is 2. The zero-order valence-corrected chi connectivity index (χ0v) is 23.4. The Labute approximate surface area is 238 Å². The van der Waals surface area contributed by atoms with Crippen LogP contribution in [-0.4, -0.2) is 70.8 Å². The summed E-state index contributed by atoms with van der Waals surface area (Å²) in [5.74, 6) is -0.116. The van der Waals surface area contributed by atoms with Crippen LogP contribution < -0.4 is 10.2 Å². The smallest absolute Gasteiger partial charge is 0.271 e. The van der Waals surface area contributed by atoms with E-state index in [1.54, 1.807) is 12.1 Å². The number of β-amino-alcohol motifs (C(OH)–C–C–N with tert-alkyl or cyclic N) is 1. The second kappa shape index (κ2) is 12.2. The molecule has 0 spiro atoms. The third kappa shape index (κ3) is 6.04. The van der Waals surface area contributed by atoms with Gasteiger partial charge in [-0.25, -0.2) is 9.37 Å². The molecule has 208 valence electrons. The number of amides is 1. The van der Waals surface area contributed by atoms with Crippen molar-refractivity contribution in [3.8, 4) is 17.1 Å². The van der Waals surface area contributed by atoms with E-state index in [0.29, 0.717) is 23.8 Å². The number of imidazole rings is 1. The minimum absolute atomic E-state index is 0.107. The number of carbonyl (C=O) groups excluding carboxylic acids is 1. The quantitative estimate of drug-likeness (QED) is 0.321. The lowest BCUT2D eigenvalue weighted by atomic mass is 10.1. The molecule has 7 nitrogen and oxygen atoms in total. The maximum Gasteiger partial charge on any atom is 0.271 e. The molecule has 4 aromatic rings. The molecule has 0 saturated carbocycles. The Kier molecular flexibility index (Phi) is 8.49. The van der Waals surface area contributed by atoms with Gasteiger partial charge in [0.2, 0.25) is 0 Å². The fourth-order valence-corrected chi connectivity index (χ4v) is 5.34. The normalized spacial score (nSPS) is 14.8. The number of anilines is 1. The average molecular weight is 562 g/mol. The van der Waals surface area contributed by atoms with Crippen LogP contribution in [0.2, 0.25) is 5.02 Å². The highest BCUT2D eigenvalue weighted by atomic mass is 35.5. The van der Waals surface area contributed by atoms with Gasteiger partial charge in [0.25, 0.3) is 5.91 Å². The molecule has 0 aliphatic carbocycles. The standard InChI is InChI=1S/C31H33ClFN5O2/c1-21-27(32)9-6-10-28(21)37-17-15-36(16-18-37)20-26(39)19-34-31(40)29-22(2)38(25-13-11-24(33)12-14-25)30(35-29)23-7-4-3-5-8-23/h3-14,26,39H,15-20H2,1-2H3,(H,34,40)/t26-/m1/s1. The van der Waals surface area contributed by atoms with Crippen LogP contribution >= 0.6 is 11.6 Å². The van der Waals surface area contributed by atoms with Gasteiger partial charge in [-0.15, -0.1) is 0 Å². The van der Waals surface area contributed by atoms with Crippen molar-refractivity contribution in [2.75, 3.05) is 44.2 Å². The third-order valence-corrected chi connectivity index (χ3v) is 7.77. The Morgan fingerprint density at radius 1 is 1.00 bits per heavy atom. The number of aliphatic hydroxyl groups is 1. The molecule has 9 heteroatoms. The molecule has 1 aliphatic rings. The number of hydrogen-bond donors (Lipinski definition) is 2. The van der Waals surface area contributed by atoms with Gasteiger partial charge in [-0.2, -0.15) is 0 Å². The number of halogens is 2. The summed E-state index contributed by atoms with van der Waals surface area (Å²) >= 11 is 6.30. The molecule has 1 fully saturated rings. The second-order valence-corrected chi connectivity index (χ2v) is 10.5. The predicted molar refractivity (Wildman–Crippen MR) is 157 cm³/mol. The molecular formula is C31H33ClFN5O2. The van der Waals surface area contributed by atoms with Crippen molar-refractivity contribution in [3.63, 3.8) is 0 Å². The van der Waals surface area contributed by atoms with Crippen LogP contribution in [0, 0.1) is 19.7 Å². The van der Waals surface area contributed by atoms with Crippen LogP contribution in [0.1, 0.15) is 21.7 Å². The summed E-state index contributed by atoms with van der Waals surface area (Å²) in [6.45, 7) is 7.69. The van der Waals surface area contributed by atoms with Gasteiger partial charge >= 0.3 is 0 Å². The maximum atomic E-state index is 13.6. The van der Waals surface area contributed by atoms with E-state index < -0.39 is 6.10 Å². The lowest BCUT2D eigenvalue weighted by Crippen LogP contribution is -2.50. The van der Waals surface area contributed by atoms with Gasteiger partial charge in [-0.3, -0.25) is 14.3 Å². The summed E-state index contributed by atoms with van der Waals surface area (Å²) in [4.78, 5) is 22.4. The lowest BCUT2D eigenvalue weighted by molar-refractivity contribution is 0.0847. The first-order valence-corrected chi connectivity index (χ1v) is 13.8. The number of carbonyl (C=O) groups is 1. The summed E-state index contributed by atoms with van der Waals surface area (Å²) in [5, 5.41) is 14.3. The Bertz CT molecular complexity index is 1470. The molecule has 3 aromatic carbocycles. The van der Waals surface area contributed by atoms with Crippen LogP contribution in [0.25, 0.3) is 17.1 Å². The summed E-state index contributed by atoms with van der Waals surface area (Å²) in [7, 11) is 0. The molecule has 40 heavy (non-hydrogen) atoms. The van der Waals surface area contributed by atoms with Gasteiger partial charge in [0.1, 0.15) is 17.3 Å². The van der Waals surface area contributed by atoms with E-state index >= 15 is 0 Å². The van der Waals surface area contributed by atoms with E-state index in [1.807, 2.05) is 60.9 Å². The Morgan fingerprint density at radius 2 is 1.70 bits per heavy atom. The predicted octanol–water partition coefficient (Wildman–Crippen LogP) is 4.86. The van der Waals surface area contributed by atoms with Crippen molar-refractivity contribution in [1.82, 2.24) is 19.8 Å². The molecule has 1 aliphatic heterocycles. The van der Waals surface area contributed by atoms with E-state index in [0.717, 1.165) is 48.0 Å². The molecule has 0 unspecified atom stereocenters. The van der Waals surface area contributed by atoms with Crippen molar-refractivity contribution < 1.29 is 14.3 Å². The Hall–Kier alpha value is -3.72. The van der Waals surface area contributed by atoms with Crippen LogP contribution in [-0.2, 0) is 0 Å². The van der Waals surface area contributed by atoms with Gasteiger partial charge in [0, 0.05) is 61.2 Å². The van der Waals surface area contributed by atoms with Gasteiger partial charge in [-0.1, -0.05) is 48.0 Å². The molecule has 1 amide bonds. The van der Waals surface area contributed by atoms with Gasteiger partial charge in [0.15, 0.2) is 0 Å². The first-order chi connectivity index (χ1) is 19.3. The molecule has 0 radical (unpaired) electrons. The molecule has 2 heterocycles. The Balaban J connectivity index is 1.22. The fourth-order valence-electron chi connectivity index (χ4n) is 5.17. The summed E-state index contributed by atoms with van der Waals surface area (Å²) in [6.07, 6.45) is -0.725. The minimum atomic E-state index is -0.725. The van der Waals surface area contributed by atoms with Crippen molar-refractivity contribution >= 4 is 23.2 Å². The molecule has 1 saturated heterocycles. The van der Waals surface area contributed by atoms with E-state index in [4.69, 9.17) is 11.6 Å². The molecular weight excluding hydrogens is 529 g/mol. The number of aliphatic hydroxyl groups excluding tert-OH is 1. The lowest BCUT2D eigenvalue weighted by Gasteiger charge is -2.37. The van der Waals surface area contributed by atoms with Gasteiger partial charge in [-0.05, 0) is 55.8 Å². The third-order valence-electron chi connectivity index (χ3n) is 7.36. The van der Waals surface area contributed by atoms with Crippen LogP contribution in [0.5, 0.6) is 0 Å². The number of piperazine rings is 1. The van der Waals surface area contributed by atoms with Crippen molar-refractivity contribution in [1.29, 1.82) is 0 Å². The van der Waals surface area contributed by atoms with Crippen LogP contribution in [0.15, 0.2) is 72.8 Å². The molecule has 2 N–H and O–H groups in total. The second-order valence-electron chi connectivity index (χ2n) is 10.1. The highest BCUT2D eigenvalue weighted by Crippen LogP contribution is 2.28. The molecule has 1 atom stereocenters. The monoisotopic (exact) mass is 561 g/mol. The number of nitrogens with zero attached hydrogens (tertiary/aromatic N) is 4. The summed E-state index contributed by atoms with van der Waals surface area (Å²) in [6, 6.07) is 21.6. The number of nitrogens with one attached hydrogen (secondary N) is 1. The largest absolute Gasteiger partial charge is 0.390 e. The molecule has 0 bridgehead atoms. The number of hydrogen-bond acceptors (Lipinski definition) is 5. The zero-order valence-electron chi connectivity index (χ0n) is 22.6. The number of rotatable bonds is 8. The molecule has 1 aromatic heterocycles. The van der Waals surface area contributed by atoms with Crippen molar-refractivity contribution in [3.05, 3.63) is 101 Å². The first-order valence-electron chi connectivity index (χ1n) is 13.4. The first kappa shape index (κ1) is 27.8. The van der Waals surface area contributed by atoms with Gasteiger partial charge < -0.3 is 15.3 Å². The average Bonchev–Trinajstić information content (AvgIpc) is 3.31. The fraction of sp³-hybridized carbons (Fsp3) is 0.290. The highest BCUT2D eigenvalue weighted by Gasteiger charge is 2.24. The molecule has 5 rings (SSSR count). The van der Waals surface area contributed by atoms with E-state index in [-0.39, 0.29) is 24.0 Å². The highest BCUT2D eigenvalue weighted by molar-refractivity contribution is 6.31. The van der Waals surface area contributed by atoms with Crippen molar-refractivity contribution in [2.45, 2.75) is 20.0 Å². The van der Waals surface area contributed by atoms with E-state index in [2.05, 4.69) is 26.2 Å². The number of benzene rings is 3. The SMILES string of the molecule is Cc1c(Cl)cccc1N1CCN(C[C@H](O)CNC(=O)c2nc(-c3ccccc3)n(-c3ccc(F)cc3)c2C)CC1. The zero-order chi connectivity index (χ0) is 28.2. The minimum Gasteiger partial charge on any atom is -0.390 e. The maximum absolute atomic E-state index is 13.6. The topological polar surface area (TPSA) is 73.6 Å². The van der Waals surface area contributed by atoms with Gasteiger partial charge in [0.05, 0.1) is 11.8 Å². The van der Waals surface area contributed by atoms with Crippen molar-refractivity contribution in [2.24, 2.45) is 0 Å². The van der Waals surface area contributed by atoms with Crippen LogP contribution in [0.3, 0.4) is 0 Å². The Morgan fingerprint density at radius 3 is 2.40 bits per heavy atom. The van der Waals surface area contributed by atoms with E-state index in [1.165, 1.54) is 12.1 Å². The van der Waals surface area contributed by atoms with E-state index in [9.17, 15) is 14.3 Å². The summed E-state index contributed by atoms with van der Waals surface area (Å²) < 4.78 is 15.5. The van der Waals surface area contributed by atoms with Crippen LogP contribution in [0.4, 0.5) is 10.1 Å².